The molecule has 0 atom stereocenters. The van der Waals surface area contributed by atoms with Gasteiger partial charge in [-0.15, -0.1) is 0 Å². The zero-order valence-electron chi connectivity index (χ0n) is 12.0. The van der Waals surface area contributed by atoms with Crippen LogP contribution in [0.3, 0.4) is 0 Å². The van der Waals surface area contributed by atoms with E-state index in [1.807, 2.05) is 0 Å². The summed E-state index contributed by atoms with van der Waals surface area (Å²) in [5, 5.41) is 2.67. The second kappa shape index (κ2) is 9.31. The van der Waals surface area contributed by atoms with E-state index in [1.54, 1.807) is 6.07 Å². The van der Waals surface area contributed by atoms with Crippen molar-refractivity contribution >= 4 is 5.91 Å². The van der Waals surface area contributed by atoms with Crippen LogP contribution in [0.15, 0.2) is 24.3 Å². The lowest BCUT2D eigenvalue weighted by atomic mass is 10.1. The summed E-state index contributed by atoms with van der Waals surface area (Å²) < 4.78 is 23.4. The van der Waals surface area contributed by atoms with E-state index >= 15 is 0 Å². The van der Waals surface area contributed by atoms with Crippen molar-refractivity contribution in [3.05, 3.63) is 30.1 Å². The number of hydrogen-bond acceptors (Lipinski definition) is 3. The van der Waals surface area contributed by atoms with E-state index in [9.17, 15) is 9.18 Å². The van der Waals surface area contributed by atoms with Gasteiger partial charge in [-0.1, -0.05) is 19.9 Å². The summed E-state index contributed by atoms with van der Waals surface area (Å²) in [6.45, 7) is 5.77. The summed E-state index contributed by atoms with van der Waals surface area (Å²) >= 11 is 0. The Hall–Kier alpha value is -1.62. The number of rotatable bonds is 9. The third kappa shape index (κ3) is 7.74. The lowest BCUT2D eigenvalue weighted by Crippen LogP contribution is -2.31. The number of hydrogen-bond donors (Lipinski definition) is 1. The molecular weight excluding hydrogens is 261 g/mol. The van der Waals surface area contributed by atoms with Crippen molar-refractivity contribution in [1.29, 1.82) is 0 Å². The van der Waals surface area contributed by atoms with Gasteiger partial charge in [-0.2, -0.15) is 0 Å². The van der Waals surface area contributed by atoms with Crippen LogP contribution in [0.4, 0.5) is 4.39 Å². The Bertz CT molecular complexity index is 410. The molecule has 0 radical (unpaired) electrons. The minimum Gasteiger partial charge on any atom is -0.484 e. The molecule has 0 saturated carbocycles. The van der Waals surface area contributed by atoms with Gasteiger partial charge in [-0.05, 0) is 24.5 Å². The van der Waals surface area contributed by atoms with Gasteiger partial charge in [0.2, 0.25) is 0 Å². The van der Waals surface area contributed by atoms with Gasteiger partial charge in [-0.3, -0.25) is 4.79 Å². The van der Waals surface area contributed by atoms with Crippen molar-refractivity contribution in [2.75, 3.05) is 26.4 Å². The van der Waals surface area contributed by atoms with Gasteiger partial charge >= 0.3 is 0 Å². The van der Waals surface area contributed by atoms with Crippen LogP contribution in [-0.2, 0) is 9.53 Å². The monoisotopic (exact) mass is 283 g/mol. The van der Waals surface area contributed by atoms with Crippen LogP contribution in [0, 0.1) is 11.7 Å². The minimum absolute atomic E-state index is 0.130. The Balaban J connectivity index is 2.06. The summed E-state index contributed by atoms with van der Waals surface area (Å²) in [5.41, 5.74) is 0. The first-order valence-electron chi connectivity index (χ1n) is 6.80. The number of carbonyl (C=O) groups excluding carboxylic acids is 1. The van der Waals surface area contributed by atoms with Crippen molar-refractivity contribution in [2.45, 2.75) is 20.3 Å². The van der Waals surface area contributed by atoms with Gasteiger partial charge < -0.3 is 14.8 Å². The van der Waals surface area contributed by atoms with Crippen molar-refractivity contribution in [3.8, 4) is 5.75 Å². The third-order valence-electron chi connectivity index (χ3n) is 2.57. The predicted octanol–water partition coefficient (Wildman–Crippen LogP) is 2.38. The first-order valence-corrected chi connectivity index (χ1v) is 6.80. The maximum Gasteiger partial charge on any atom is 0.258 e. The maximum atomic E-state index is 12.9. The molecule has 0 aliphatic heterocycles. The van der Waals surface area contributed by atoms with E-state index in [-0.39, 0.29) is 18.3 Å². The molecule has 1 aromatic carbocycles. The number of nitrogens with one attached hydrogen (secondary N) is 1. The number of amides is 1. The van der Waals surface area contributed by atoms with E-state index in [0.717, 1.165) is 6.42 Å². The fourth-order valence-electron chi connectivity index (χ4n) is 1.44. The standard InChI is InChI=1S/C15H22FNO3/c1-12(2)6-8-19-9-7-17-15(18)11-20-14-5-3-4-13(16)10-14/h3-5,10,12H,6-9,11H2,1-2H3,(H,17,18). The van der Waals surface area contributed by atoms with E-state index in [1.165, 1.54) is 18.2 Å². The molecule has 1 aromatic rings. The summed E-state index contributed by atoms with van der Waals surface area (Å²) in [4.78, 5) is 11.5. The number of carbonyl (C=O) groups is 1. The van der Waals surface area contributed by atoms with Crippen molar-refractivity contribution < 1.29 is 18.7 Å². The summed E-state index contributed by atoms with van der Waals surface area (Å²) in [7, 11) is 0. The van der Waals surface area contributed by atoms with E-state index < -0.39 is 0 Å². The van der Waals surface area contributed by atoms with E-state index in [2.05, 4.69) is 19.2 Å². The van der Waals surface area contributed by atoms with Gasteiger partial charge in [0.1, 0.15) is 11.6 Å². The molecule has 0 fully saturated rings. The molecule has 0 spiro atoms. The molecule has 5 heteroatoms. The van der Waals surface area contributed by atoms with Crippen LogP contribution in [0.2, 0.25) is 0 Å². The molecule has 0 bridgehead atoms. The molecule has 112 valence electrons. The highest BCUT2D eigenvalue weighted by molar-refractivity contribution is 5.77. The molecule has 1 rings (SSSR count). The quantitative estimate of drug-likeness (QED) is 0.708. The Morgan fingerprint density at radius 3 is 2.85 bits per heavy atom. The Morgan fingerprint density at radius 1 is 1.35 bits per heavy atom. The molecule has 4 nitrogen and oxygen atoms in total. The summed E-state index contributed by atoms with van der Waals surface area (Å²) in [5.74, 6) is 0.320. The van der Waals surface area contributed by atoms with Crippen LogP contribution >= 0.6 is 0 Å². The van der Waals surface area contributed by atoms with Crippen molar-refractivity contribution in [1.82, 2.24) is 5.32 Å². The van der Waals surface area contributed by atoms with E-state index in [4.69, 9.17) is 9.47 Å². The maximum absolute atomic E-state index is 12.9. The van der Waals surface area contributed by atoms with Gasteiger partial charge in [0, 0.05) is 19.2 Å². The topological polar surface area (TPSA) is 47.6 Å². The van der Waals surface area contributed by atoms with Crippen LogP contribution in [0.25, 0.3) is 0 Å². The fourth-order valence-corrected chi connectivity index (χ4v) is 1.44. The highest BCUT2D eigenvalue weighted by Crippen LogP contribution is 2.11. The second-order valence-electron chi connectivity index (χ2n) is 4.89. The van der Waals surface area contributed by atoms with Crippen molar-refractivity contribution in [3.63, 3.8) is 0 Å². The highest BCUT2D eigenvalue weighted by atomic mass is 19.1. The molecule has 0 aromatic heterocycles. The Labute approximate surface area is 119 Å². The SMILES string of the molecule is CC(C)CCOCCNC(=O)COc1cccc(F)c1. The Kier molecular flexibility index (Phi) is 7.65. The largest absolute Gasteiger partial charge is 0.484 e. The highest BCUT2D eigenvalue weighted by Gasteiger charge is 2.03. The van der Waals surface area contributed by atoms with Gasteiger partial charge in [-0.25, -0.2) is 4.39 Å². The minimum atomic E-state index is -0.388. The van der Waals surface area contributed by atoms with Crippen LogP contribution < -0.4 is 10.1 Å². The molecule has 0 aliphatic rings. The zero-order chi connectivity index (χ0) is 14.8. The molecule has 1 N–H and O–H groups in total. The first-order chi connectivity index (χ1) is 9.58. The second-order valence-corrected chi connectivity index (χ2v) is 4.89. The lowest BCUT2D eigenvalue weighted by molar-refractivity contribution is -0.123. The fraction of sp³-hybridized carbons (Fsp3) is 0.533. The number of halogens is 1. The van der Waals surface area contributed by atoms with Crippen LogP contribution in [0.1, 0.15) is 20.3 Å². The zero-order valence-corrected chi connectivity index (χ0v) is 12.0. The molecule has 0 unspecified atom stereocenters. The number of benzene rings is 1. The Morgan fingerprint density at radius 2 is 2.15 bits per heavy atom. The summed E-state index contributed by atoms with van der Waals surface area (Å²) in [6, 6.07) is 5.69. The van der Waals surface area contributed by atoms with Crippen LogP contribution in [-0.4, -0.2) is 32.3 Å². The summed E-state index contributed by atoms with van der Waals surface area (Å²) in [6.07, 6.45) is 1.01. The van der Waals surface area contributed by atoms with Crippen molar-refractivity contribution in [2.24, 2.45) is 5.92 Å². The number of ether oxygens (including phenoxy) is 2. The average Bonchev–Trinajstić information content (AvgIpc) is 2.40. The lowest BCUT2D eigenvalue weighted by Gasteiger charge is -2.09. The van der Waals surface area contributed by atoms with Gasteiger partial charge in [0.15, 0.2) is 6.61 Å². The van der Waals surface area contributed by atoms with Crippen LogP contribution in [0.5, 0.6) is 5.75 Å². The molecular formula is C15H22FNO3. The predicted molar refractivity (Wildman–Crippen MR) is 75.2 cm³/mol. The molecule has 20 heavy (non-hydrogen) atoms. The first kappa shape index (κ1) is 16.4. The van der Waals surface area contributed by atoms with Gasteiger partial charge in [0.05, 0.1) is 6.61 Å². The molecule has 0 saturated heterocycles. The average molecular weight is 283 g/mol. The normalized spacial score (nSPS) is 10.6. The molecule has 0 aliphatic carbocycles. The third-order valence-corrected chi connectivity index (χ3v) is 2.57. The molecule has 1 amide bonds. The molecule has 0 heterocycles. The van der Waals surface area contributed by atoms with Gasteiger partial charge in [0.25, 0.3) is 5.91 Å². The van der Waals surface area contributed by atoms with E-state index in [0.29, 0.717) is 31.4 Å². The smallest absolute Gasteiger partial charge is 0.258 e.